The highest BCUT2D eigenvalue weighted by Gasteiger charge is 2.49. The first kappa shape index (κ1) is 33.4. The maximum absolute atomic E-state index is 13.4. The number of alkyl halides is 6. The molecule has 0 aromatic heterocycles. The van der Waals surface area contributed by atoms with Crippen molar-refractivity contribution >= 4 is 11.9 Å². The van der Waals surface area contributed by atoms with Crippen molar-refractivity contribution in [3.63, 3.8) is 0 Å². The molecule has 0 heterocycles. The number of carbonyl (C=O) groups excluding carboxylic acids is 2. The average molecular weight is 602 g/mol. The van der Waals surface area contributed by atoms with Gasteiger partial charge in [-0.05, 0) is 82.7 Å². The number of esters is 1. The number of hydrogen-bond donors (Lipinski definition) is 1. The molecule has 3 rings (SSSR count). The van der Waals surface area contributed by atoms with Gasteiger partial charge in [0, 0.05) is 12.5 Å². The van der Waals surface area contributed by atoms with Gasteiger partial charge in [0.2, 0.25) is 5.91 Å². The molecule has 1 amide bonds. The Kier molecular flexibility index (Phi) is 9.76. The Morgan fingerprint density at radius 3 is 1.86 bits per heavy atom. The monoisotopic (exact) mass is 601 g/mol. The zero-order valence-corrected chi connectivity index (χ0v) is 24.3. The third-order valence-corrected chi connectivity index (χ3v) is 7.85. The molecule has 5 nitrogen and oxygen atoms in total. The van der Waals surface area contributed by atoms with Gasteiger partial charge in [0.05, 0.1) is 35.7 Å². The molecule has 42 heavy (non-hydrogen) atoms. The number of hydrogen-bond acceptors (Lipinski definition) is 4. The molecule has 0 aliphatic heterocycles. The average Bonchev–Trinajstić information content (AvgIpc) is 2.90. The van der Waals surface area contributed by atoms with Crippen LogP contribution >= 0.6 is 0 Å². The minimum atomic E-state index is -4.97. The molecule has 0 bridgehead atoms. The lowest BCUT2D eigenvalue weighted by Gasteiger charge is -2.46. The van der Waals surface area contributed by atoms with E-state index in [1.807, 2.05) is 30.3 Å². The Hall–Kier alpha value is -3.08. The maximum Gasteiger partial charge on any atom is 0.416 e. The van der Waals surface area contributed by atoms with Crippen molar-refractivity contribution in [3.05, 3.63) is 70.8 Å². The SMILES string of the molecule is CNC(=O)C1(CC(=O)OC(C)(C)C)CCC(CO[C@H](C)c2cc(C(F)(F)F)cc(C(F)(F)F)c2)(c2ccccc2)CC1. The van der Waals surface area contributed by atoms with Crippen LogP contribution in [0.3, 0.4) is 0 Å². The molecule has 0 radical (unpaired) electrons. The second-order valence-electron chi connectivity index (χ2n) is 12.1. The van der Waals surface area contributed by atoms with Crippen LogP contribution in [-0.2, 0) is 36.8 Å². The lowest BCUT2D eigenvalue weighted by atomic mass is 9.60. The molecule has 0 unspecified atom stereocenters. The third-order valence-electron chi connectivity index (χ3n) is 7.85. The summed E-state index contributed by atoms with van der Waals surface area (Å²) in [5.74, 6) is -0.804. The molecule has 1 saturated carbocycles. The number of amides is 1. The molecule has 1 fully saturated rings. The molecule has 2 aromatic rings. The normalized spacial score (nSPS) is 22.4. The van der Waals surface area contributed by atoms with Crippen molar-refractivity contribution in [1.29, 1.82) is 0 Å². The van der Waals surface area contributed by atoms with Crippen LogP contribution < -0.4 is 5.32 Å². The van der Waals surface area contributed by atoms with Crippen molar-refractivity contribution in [2.75, 3.05) is 13.7 Å². The van der Waals surface area contributed by atoms with E-state index in [0.29, 0.717) is 37.8 Å². The fourth-order valence-electron chi connectivity index (χ4n) is 5.51. The number of nitrogens with one attached hydrogen (secondary N) is 1. The zero-order valence-electron chi connectivity index (χ0n) is 24.3. The standard InChI is InChI=1S/C31H37F6NO4/c1-20(21-15-23(30(32,33)34)17-24(16-21)31(35,36)37)41-19-29(22-9-7-6-8-10-22)13-11-28(12-14-29,26(40)38-5)18-25(39)42-27(2,3)4/h6-10,15-17,20H,11-14,18-19H2,1-5H3,(H,38,40)/t20-,28?,29?/m1/s1. The van der Waals surface area contributed by atoms with E-state index in [-0.39, 0.29) is 30.6 Å². The molecule has 1 aliphatic rings. The van der Waals surface area contributed by atoms with E-state index < -0.39 is 52.0 Å². The molecule has 11 heteroatoms. The van der Waals surface area contributed by atoms with Crippen LogP contribution in [0.25, 0.3) is 0 Å². The molecular formula is C31H37F6NO4. The second-order valence-corrected chi connectivity index (χ2v) is 12.1. The van der Waals surface area contributed by atoms with Crippen LogP contribution in [-0.4, -0.2) is 31.1 Å². The van der Waals surface area contributed by atoms with Crippen LogP contribution in [0.5, 0.6) is 0 Å². The number of ether oxygens (including phenoxy) is 2. The molecular weight excluding hydrogens is 564 g/mol. The molecule has 0 saturated heterocycles. The molecule has 1 atom stereocenters. The maximum atomic E-state index is 13.4. The Morgan fingerprint density at radius 1 is 0.881 bits per heavy atom. The summed E-state index contributed by atoms with van der Waals surface area (Å²) < 4.78 is 92.1. The minimum absolute atomic E-state index is 0.0218. The van der Waals surface area contributed by atoms with Crippen molar-refractivity contribution in [2.24, 2.45) is 5.41 Å². The highest BCUT2D eigenvalue weighted by Crippen LogP contribution is 2.50. The van der Waals surface area contributed by atoms with Gasteiger partial charge in [0.15, 0.2) is 0 Å². The highest BCUT2D eigenvalue weighted by atomic mass is 19.4. The van der Waals surface area contributed by atoms with E-state index in [1.54, 1.807) is 20.8 Å². The Balaban J connectivity index is 1.90. The van der Waals surface area contributed by atoms with E-state index >= 15 is 0 Å². The van der Waals surface area contributed by atoms with Gasteiger partial charge in [-0.25, -0.2) is 0 Å². The summed E-state index contributed by atoms with van der Waals surface area (Å²) in [5.41, 5.74) is -4.67. The van der Waals surface area contributed by atoms with E-state index in [9.17, 15) is 35.9 Å². The number of rotatable bonds is 8. The summed E-state index contributed by atoms with van der Waals surface area (Å²) in [5, 5.41) is 2.66. The van der Waals surface area contributed by atoms with Crippen molar-refractivity contribution in [1.82, 2.24) is 5.32 Å². The Labute approximate surface area is 242 Å². The molecule has 0 spiro atoms. The number of benzene rings is 2. The van der Waals surface area contributed by atoms with Gasteiger partial charge < -0.3 is 14.8 Å². The summed E-state index contributed by atoms with van der Waals surface area (Å²) in [6.07, 6.45) is -9.81. The Morgan fingerprint density at radius 2 is 1.40 bits per heavy atom. The van der Waals surface area contributed by atoms with Crippen LogP contribution in [0.4, 0.5) is 26.3 Å². The topological polar surface area (TPSA) is 64.6 Å². The van der Waals surface area contributed by atoms with Crippen LogP contribution in [0, 0.1) is 5.41 Å². The van der Waals surface area contributed by atoms with E-state index in [2.05, 4.69) is 5.32 Å². The summed E-state index contributed by atoms with van der Waals surface area (Å²) in [7, 11) is 1.49. The lowest BCUT2D eigenvalue weighted by molar-refractivity contribution is -0.162. The predicted octanol–water partition coefficient (Wildman–Crippen LogP) is 7.78. The molecule has 1 N–H and O–H groups in total. The van der Waals surface area contributed by atoms with Crippen LogP contribution in [0.2, 0.25) is 0 Å². The smallest absolute Gasteiger partial charge is 0.416 e. The first-order valence-corrected chi connectivity index (χ1v) is 13.7. The van der Waals surface area contributed by atoms with Crippen molar-refractivity contribution in [2.45, 2.75) is 89.3 Å². The van der Waals surface area contributed by atoms with Gasteiger partial charge in [-0.2, -0.15) is 26.3 Å². The third kappa shape index (κ3) is 8.05. The molecule has 1 aliphatic carbocycles. The lowest BCUT2D eigenvalue weighted by Crippen LogP contribution is -2.48. The largest absolute Gasteiger partial charge is 0.460 e. The molecule has 2 aromatic carbocycles. The van der Waals surface area contributed by atoms with Gasteiger partial charge in [0.25, 0.3) is 0 Å². The van der Waals surface area contributed by atoms with Crippen LogP contribution in [0.1, 0.15) is 88.2 Å². The number of carbonyl (C=O) groups is 2. The van der Waals surface area contributed by atoms with Gasteiger partial charge in [-0.15, -0.1) is 0 Å². The first-order chi connectivity index (χ1) is 19.3. The van der Waals surface area contributed by atoms with E-state index in [1.165, 1.54) is 14.0 Å². The first-order valence-electron chi connectivity index (χ1n) is 13.7. The summed E-state index contributed by atoms with van der Waals surface area (Å²) in [6.45, 7) is 6.60. The van der Waals surface area contributed by atoms with Gasteiger partial charge in [0.1, 0.15) is 5.60 Å². The van der Waals surface area contributed by atoms with Gasteiger partial charge >= 0.3 is 18.3 Å². The summed E-state index contributed by atoms with van der Waals surface area (Å²) in [6, 6.07) is 10.7. The van der Waals surface area contributed by atoms with E-state index in [0.717, 1.165) is 5.56 Å². The Bertz CT molecular complexity index is 1210. The summed E-state index contributed by atoms with van der Waals surface area (Å²) in [4.78, 5) is 25.8. The predicted molar refractivity (Wildman–Crippen MR) is 144 cm³/mol. The van der Waals surface area contributed by atoms with Crippen molar-refractivity contribution in [3.8, 4) is 0 Å². The minimum Gasteiger partial charge on any atom is -0.460 e. The highest BCUT2D eigenvalue weighted by molar-refractivity contribution is 5.87. The summed E-state index contributed by atoms with van der Waals surface area (Å²) >= 11 is 0. The quantitative estimate of drug-likeness (QED) is 0.248. The van der Waals surface area contributed by atoms with Crippen molar-refractivity contribution < 1.29 is 45.4 Å². The van der Waals surface area contributed by atoms with Crippen LogP contribution in [0.15, 0.2) is 48.5 Å². The number of halogens is 6. The van der Waals surface area contributed by atoms with E-state index in [4.69, 9.17) is 9.47 Å². The van der Waals surface area contributed by atoms with Gasteiger partial charge in [-0.1, -0.05) is 30.3 Å². The second kappa shape index (κ2) is 12.3. The zero-order chi connectivity index (χ0) is 31.6. The fraction of sp³-hybridized carbons (Fsp3) is 0.548. The fourth-order valence-corrected chi connectivity index (χ4v) is 5.51. The molecule has 232 valence electrons. The van der Waals surface area contributed by atoms with Gasteiger partial charge in [-0.3, -0.25) is 9.59 Å².